The molecule has 0 aromatic heterocycles. The van der Waals surface area contributed by atoms with Gasteiger partial charge in [-0.2, -0.15) is 0 Å². The fourth-order valence-electron chi connectivity index (χ4n) is 3.51. The van der Waals surface area contributed by atoms with Crippen molar-refractivity contribution in [2.75, 3.05) is 26.2 Å². The van der Waals surface area contributed by atoms with E-state index in [2.05, 4.69) is 37.5 Å². The van der Waals surface area contributed by atoms with Crippen molar-refractivity contribution in [3.63, 3.8) is 0 Å². The van der Waals surface area contributed by atoms with Gasteiger partial charge in [-0.15, -0.1) is 0 Å². The molecule has 33 heavy (non-hydrogen) atoms. The van der Waals surface area contributed by atoms with Crippen molar-refractivity contribution in [3.05, 3.63) is 0 Å². The smallest absolute Gasteiger partial charge is 0.411 e. The van der Waals surface area contributed by atoms with Crippen LogP contribution in [-0.4, -0.2) is 44.6 Å². The topological polar surface area (TPSA) is 6.48 Å². The molecule has 0 aliphatic rings. The Labute approximate surface area is 240 Å². The summed E-state index contributed by atoms with van der Waals surface area (Å²) in [5, 5.41) is 0. The molecule has 0 amide bonds. The molecule has 0 N–H and O–H groups in total. The number of thiocarbonyl (C=S) groups is 2. The Kier molecular flexibility index (Phi) is 35.7. The summed E-state index contributed by atoms with van der Waals surface area (Å²) in [4.78, 5) is 4.41. The van der Waals surface area contributed by atoms with E-state index >= 15 is 0 Å². The van der Waals surface area contributed by atoms with Gasteiger partial charge in [0.05, 0.1) is 0 Å². The van der Waals surface area contributed by atoms with Crippen LogP contribution in [0.2, 0.25) is 0 Å². The Balaban J connectivity index is -0.000000529. The van der Waals surface area contributed by atoms with E-state index in [4.69, 9.17) is 49.7 Å². The van der Waals surface area contributed by atoms with Crippen LogP contribution in [-0.2, 0) is 42.3 Å². The van der Waals surface area contributed by atoms with Crippen LogP contribution in [0.3, 0.4) is 0 Å². The molecule has 0 aliphatic heterocycles. The van der Waals surface area contributed by atoms with Crippen LogP contribution in [0, 0.1) is 0 Å². The maximum atomic E-state index is 5.11. The monoisotopic (exact) mass is 576 g/mol. The summed E-state index contributed by atoms with van der Waals surface area (Å²) < 4.78 is 1.32. The molecule has 0 aromatic carbocycles. The fourth-order valence-corrected chi connectivity index (χ4v) is 4.24. The second-order valence-corrected chi connectivity index (χ2v) is 10.8. The first-order valence-corrected chi connectivity index (χ1v) is 15.0. The largest absolute Gasteiger partial charge is 2.00 e. The Morgan fingerprint density at radius 2 is 0.667 bits per heavy atom. The van der Waals surface area contributed by atoms with Gasteiger partial charge in [-0.3, -0.25) is 0 Å². The van der Waals surface area contributed by atoms with Crippen LogP contribution >= 0.6 is 24.4 Å². The number of hydrogen-bond acceptors (Lipinski definition) is 4. The van der Waals surface area contributed by atoms with Gasteiger partial charge in [0.1, 0.15) is 0 Å². The molecule has 0 fully saturated rings. The predicted octanol–water partition coefficient (Wildman–Crippen LogP) is 8.56. The molecule has 0 radical (unpaired) electrons. The molecule has 7 heteroatoms. The van der Waals surface area contributed by atoms with Crippen LogP contribution in [0.4, 0.5) is 0 Å². The van der Waals surface area contributed by atoms with Crippen LogP contribution in [0.1, 0.15) is 130 Å². The molecule has 0 unspecified atom stereocenters. The molecular weight excluding hydrogens is 524 g/mol. The second-order valence-electron chi connectivity index (χ2n) is 8.75. The van der Waals surface area contributed by atoms with Gasteiger partial charge in [0.15, 0.2) is 0 Å². The number of nitrogens with zero attached hydrogens (tertiary/aromatic N) is 2. The fraction of sp³-hybridized carbons (Fsp3) is 0.923. The van der Waals surface area contributed by atoms with Gasteiger partial charge in [-0.1, -0.05) is 113 Å². The third-order valence-electron chi connectivity index (χ3n) is 5.64. The minimum absolute atomic E-state index is 0. The van der Waals surface area contributed by atoms with Gasteiger partial charge >= 0.3 is 17.1 Å². The van der Waals surface area contributed by atoms with Gasteiger partial charge in [-0.25, -0.2) is 0 Å². The van der Waals surface area contributed by atoms with Crippen molar-refractivity contribution in [2.24, 2.45) is 0 Å². The minimum atomic E-state index is 0. The molecule has 2 nitrogen and oxygen atoms in total. The first-order chi connectivity index (χ1) is 15.4. The SMILES string of the molecule is CCCCCCN(CCCCCC)C(=S)[S-].CCCCCCN(CCCCCC)C(=S)[S-].[Fe+2]. The zero-order chi connectivity index (χ0) is 24.5. The quantitative estimate of drug-likeness (QED) is 0.0616. The number of unbranched alkanes of at least 4 members (excludes halogenated alkanes) is 12. The Morgan fingerprint density at radius 1 is 0.455 bits per heavy atom. The summed E-state index contributed by atoms with van der Waals surface area (Å²) in [6.07, 6.45) is 20.6. The maximum absolute atomic E-state index is 5.11. The minimum Gasteiger partial charge on any atom is -0.411 e. The van der Waals surface area contributed by atoms with Crippen LogP contribution < -0.4 is 0 Å². The molecule has 198 valence electrons. The predicted molar refractivity (Wildman–Crippen MR) is 160 cm³/mol. The maximum Gasteiger partial charge on any atom is 2.00 e. The van der Waals surface area contributed by atoms with E-state index < -0.39 is 0 Å². The van der Waals surface area contributed by atoms with Gasteiger partial charge in [-0.05, 0) is 25.7 Å². The van der Waals surface area contributed by atoms with Crippen molar-refractivity contribution in [2.45, 2.75) is 130 Å². The zero-order valence-corrected chi connectivity index (χ0v) is 26.4. The molecule has 0 saturated carbocycles. The van der Waals surface area contributed by atoms with Crippen LogP contribution in [0.15, 0.2) is 0 Å². The summed E-state index contributed by atoms with van der Waals surface area (Å²) in [5.74, 6) is 0. The Bertz CT molecular complexity index is 363. The number of rotatable bonds is 20. The van der Waals surface area contributed by atoms with Crippen molar-refractivity contribution < 1.29 is 17.1 Å². The van der Waals surface area contributed by atoms with E-state index in [0.29, 0.717) is 8.64 Å². The molecular formula is C26H52FeN2S4. The number of hydrogen-bond donors (Lipinski definition) is 0. The summed E-state index contributed by atoms with van der Waals surface area (Å²) in [7, 11) is 0. The first kappa shape index (κ1) is 38.3. The summed E-state index contributed by atoms with van der Waals surface area (Å²) in [5.41, 5.74) is 0. The van der Waals surface area contributed by atoms with E-state index in [1.165, 1.54) is 103 Å². The van der Waals surface area contributed by atoms with E-state index in [1.54, 1.807) is 0 Å². The van der Waals surface area contributed by atoms with Crippen molar-refractivity contribution in [1.29, 1.82) is 0 Å². The molecule has 0 atom stereocenters. The average Bonchev–Trinajstić information content (AvgIpc) is 2.77. The van der Waals surface area contributed by atoms with Crippen molar-refractivity contribution >= 4 is 58.3 Å². The van der Waals surface area contributed by atoms with Crippen LogP contribution in [0.25, 0.3) is 0 Å². The van der Waals surface area contributed by atoms with Gasteiger partial charge < -0.3 is 59.5 Å². The second kappa shape index (κ2) is 30.8. The molecule has 0 saturated heterocycles. The van der Waals surface area contributed by atoms with Crippen molar-refractivity contribution in [1.82, 2.24) is 9.80 Å². The first-order valence-electron chi connectivity index (χ1n) is 13.4. The molecule has 0 aromatic rings. The van der Waals surface area contributed by atoms with Gasteiger partial charge in [0.25, 0.3) is 0 Å². The molecule has 0 bridgehead atoms. The third-order valence-corrected chi connectivity index (χ3v) is 6.68. The summed E-state index contributed by atoms with van der Waals surface area (Å²) in [6, 6.07) is 0. The standard InChI is InChI=1S/2C13H27NS2.Fe/c2*1-3-5-7-9-11-14(13(15)16)12-10-8-6-4-2;/h2*3-12H2,1-2H3,(H,15,16);/q;;+2/p-2. The van der Waals surface area contributed by atoms with E-state index in [-0.39, 0.29) is 17.1 Å². The summed E-state index contributed by atoms with van der Waals surface area (Å²) >= 11 is 20.5. The Hall–Kier alpha value is 0.739. The Morgan fingerprint density at radius 3 is 0.818 bits per heavy atom. The van der Waals surface area contributed by atoms with Gasteiger partial charge in [0, 0.05) is 26.2 Å². The van der Waals surface area contributed by atoms with E-state index in [1.807, 2.05) is 0 Å². The van der Waals surface area contributed by atoms with E-state index in [0.717, 1.165) is 26.2 Å². The summed E-state index contributed by atoms with van der Waals surface area (Å²) in [6.45, 7) is 13.2. The zero-order valence-electron chi connectivity index (χ0n) is 22.0. The average molecular weight is 577 g/mol. The molecule has 0 rings (SSSR count). The molecule has 0 aliphatic carbocycles. The van der Waals surface area contributed by atoms with Crippen molar-refractivity contribution in [3.8, 4) is 0 Å². The normalized spacial score (nSPS) is 10.1. The molecule has 0 spiro atoms. The molecule has 0 heterocycles. The van der Waals surface area contributed by atoms with Gasteiger partial charge in [0.2, 0.25) is 0 Å². The van der Waals surface area contributed by atoms with Crippen LogP contribution in [0.5, 0.6) is 0 Å². The van der Waals surface area contributed by atoms with E-state index in [9.17, 15) is 0 Å². The third kappa shape index (κ3) is 28.9.